The minimum atomic E-state index is -0.0718. The van der Waals surface area contributed by atoms with Crippen molar-refractivity contribution in [2.45, 2.75) is 33.7 Å². The van der Waals surface area contributed by atoms with E-state index >= 15 is 0 Å². The van der Waals surface area contributed by atoms with E-state index in [0.29, 0.717) is 31.4 Å². The monoisotopic (exact) mass is 356 g/mol. The number of rotatable bonds is 8. The number of fused-ring (bicyclic) bond motifs is 3. The van der Waals surface area contributed by atoms with Gasteiger partial charge in [0.1, 0.15) is 5.69 Å². The van der Waals surface area contributed by atoms with E-state index in [-0.39, 0.29) is 5.56 Å². The van der Waals surface area contributed by atoms with E-state index in [9.17, 15) is 4.79 Å². The van der Waals surface area contributed by atoms with E-state index in [2.05, 4.69) is 35.1 Å². The number of ether oxygens (including phenoxy) is 1. The number of aromatic nitrogens is 2. The summed E-state index contributed by atoms with van der Waals surface area (Å²) in [5.74, 6) is 0.910. The van der Waals surface area contributed by atoms with Gasteiger partial charge in [-0.2, -0.15) is 4.98 Å². The second kappa shape index (κ2) is 8.36. The molecule has 26 heavy (non-hydrogen) atoms. The van der Waals surface area contributed by atoms with Gasteiger partial charge in [-0.15, -0.1) is 0 Å². The molecular weight excluding hydrogens is 328 g/mol. The van der Waals surface area contributed by atoms with Crippen LogP contribution in [0.3, 0.4) is 0 Å². The summed E-state index contributed by atoms with van der Waals surface area (Å²) in [6, 6.07) is 8.17. The number of nitrogens with zero attached hydrogens (tertiary/aromatic N) is 3. The van der Waals surface area contributed by atoms with Crippen LogP contribution in [0.1, 0.15) is 26.3 Å². The van der Waals surface area contributed by atoms with Gasteiger partial charge in [-0.1, -0.05) is 38.1 Å². The first-order chi connectivity index (χ1) is 12.7. The van der Waals surface area contributed by atoms with Gasteiger partial charge in [0.05, 0.1) is 6.61 Å². The minimum absolute atomic E-state index is 0.0718. The molecule has 0 aliphatic carbocycles. The molecule has 6 heteroatoms. The molecule has 1 aliphatic heterocycles. The van der Waals surface area contributed by atoms with Crippen LogP contribution < -0.4 is 15.6 Å². The second-order valence-corrected chi connectivity index (χ2v) is 6.36. The molecule has 0 saturated carbocycles. The van der Waals surface area contributed by atoms with Crippen molar-refractivity contribution in [1.82, 2.24) is 14.5 Å². The van der Waals surface area contributed by atoms with E-state index in [0.717, 1.165) is 37.3 Å². The largest absolute Gasteiger partial charge is 0.476 e. The Morgan fingerprint density at radius 2 is 2.00 bits per heavy atom. The molecule has 0 amide bonds. The summed E-state index contributed by atoms with van der Waals surface area (Å²) in [5.41, 5.74) is 3.00. The van der Waals surface area contributed by atoms with Gasteiger partial charge < -0.3 is 19.5 Å². The maximum atomic E-state index is 13.0. The summed E-state index contributed by atoms with van der Waals surface area (Å²) in [6.07, 6.45) is 0.845. The fourth-order valence-electron chi connectivity index (χ4n) is 3.45. The number of hydrogen-bond acceptors (Lipinski definition) is 5. The lowest BCUT2D eigenvalue weighted by Gasteiger charge is -2.24. The molecule has 3 rings (SSSR count). The first-order valence-corrected chi connectivity index (χ1v) is 9.51. The molecule has 2 aromatic rings. The SMILES string of the molecule is CCOc1nc(NCCN(CC)CC)c(=O)n2c1-c1ccccc1CC2. The molecule has 140 valence electrons. The van der Waals surface area contributed by atoms with E-state index in [1.807, 2.05) is 25.1 Å². The van der Waals surface area contributed by atoms with E-state index in [1.54, 1.807) is 4.57 Å². The van der Waals surface area contributed by atoms with Gasteiger partial charge >= 0.3 is 0 Å². The van der Waals surface area contributed by atoms with E-state index in [1.165, 1.54) is 5.56 Å². The average Bonchev–Trinajstić information content (AvgIpc) is 2.68. The Hall–Kier alpha value is -2.34. The molecule has 1 aromatic carbocycles. The Morgan fingerprint density at radius 3 is 2.73 bits per heavy atom. The van der Waals surface area contributed by atoms with Crippen LogP contribution in [0.25, 0.3) is 11.3 Å². The molecule has 2 heterocycles. The van der Waals surface area contributed by atoms with Gasteiger partial charge in [0.15, 0.2) is 5.82 Å². The first-order valence-electron chi connectivity index (χ1n) is 9.51. The van der Waals surface area contributed by atoms with Crippen LogP contribution in [0.5, 0.6) is 5.88 Å². The lowest BCUT2D eigenvalue weighted by molar-refractivity contribution is 0.315. The van der Waals surface area contributed by atoms with Gasteiger partial charge in [0.25, 0.3) is 5.56 Å². The van der Waals surface area contributed by atoms with Crippen LogP contribution in [-0.4, -0.2) is 47.2 Å². The van der Waals surface area contributed by atoms with Crippen LogP contribution in [0.4, 0.5) is 5.82 Å². The molecule has 1 aromatic heterocycles. The van der Waals surface area contributed by atoms with Crippen molar-refractivity contribution in [3.05, 3.63) is 40.2 Å². The minimum Gasteiger partial charge on any atom is -0.476 e. The predicted molar refractivity (Wildman–Crippen MR) is 105 cm³/mol. The number of aryl methyl sites for hydroxylation is 1. The lowest BCUT2D eigenvalue weighted by atomic mass is 9.98. The maximum absolute atomic E-state index is 13.0. The van der Waals surface area contributed by atoms with E-state index in [4.69, 9.17) is 4.74 Å². The molecule has 0 fully saturated rings. The Morgan fingerprint density at radius 1 is 1.23 bits per heavy atom. The number of benzene rings is 1. The third-order valence-corrected chi connectivity index (χ3v) is 4.91. The van der Waals surface area contributed by atoms with Crippen molar-refractivity contribution in [1.29, 1.82) is 0 Å². The molecule has 6 nitrogen and oxygen atoms in total. The summed E-state index contributed by atoms with van der Waals surface area (Å²) in [4.78, 5) is 19.8. The highest BCUT2D eigenvalue weighted by Crippen LogP contribution is 2.34. The number of hydrogen-bond donors (Lipinski definition) is 1. The summed E-state index contributed by atoms with van der Waals surface area (Å²) in [5, 5.41) is 3.22. The van der Waals surface area contributed by atoms with Crippen molar-refractivity contribution in [2.75, 3.05) is 38.1 Å². The molecule has 0 atom stereocenters. The molecular formula is C20H28N4O2. The standard InChI is InChI=1S/C20H28N4O2/c1-4-23(5-2)14-12-21-18-20(25)24-13-11-15-9-7-8-10-16(15)17(24)19(22-18)26-6-3/h7-10H,4-6,11-14H2,1-3H3,(H,21,22). The fraction of sp³-hybridized carbons (Fsp3) is 0.500. The molecule has 1 N–H and O–H groups in total. The van der Waals surface area contributed by atoms with Crippen LogP contribution >= 0.6 is 0 Å². The zero-order valence-corrected chi connectivity index (χ0v) is 15.9. The Bertz CT molecular complexity index is 812. The third-order valence-electron chi connectivity index (χ3n) is 4.91. The zero-order valence-electron chi connectivity index (χ0n) is 15.9. The van der Waals surface area contributed by atoms with Crippen LogP contribution in [-0.2, 0) is 13.0 Å². The molecule has 0 spiro atoms. The van der Waals surface area contributed by atoms with Crippen LogP contribution in [0.2, 0.25) is 0 Å². The summed E-state index contributed by atoms with van der Waals surface area (Å²) in [6.45, 7) is 10.9. The molecule has 0 radical (unpaired) electrons. The maximum Gasteiger partial charge on any atom is 0.294 e. The highest BCUT2D eigenvalue weighted by molar-refractivity contribution is 5.71. The average molecular weight is 356 g/mol. The quantitative estimate of drug-likeness (QED) is 0.788. The van der Waals surface area contributed by atoms with Crippen molar-refractivity contribution in [3.8, 4) is 17.1 Å². The van der Waals surface area contributed by atoms with Gasteiger partial charge in [-0.3, -0.25) is 4.79 Å². The van der Waals surface area contributed by atoms with Gasteiger partial charge in [-0.05, 0) is 32.0 Å². The van der Waals surface area contributed by atoms with Crippen molar-refractivity contribution in [3.63, 3.8) is 0 Å². The van der Waals surface area contributed by atoms with Gasteiger partial charge in [-0.25, -0.2) is 0 Å². The van der Waals surface area contributed by atoms with Crippen LogP contribution in [0.15, 0.2) is 29.1 Å². The van der Waals surface area contributed by atoms with Crippen molar-refractivity contribution in [2.24, 2.45) is 0 Å². The normalized spacial score (nSPS) is 12.6. The third kappa shape index (κ3) is 3.60. The second-order valence-electron chi connectivity index (χ2n) is 6.36. The summed E-state index contributed by atoms with van der Waals surface area (Å²) in [7, 11) is 0. The van der Waals surface area contributed by atoms with Crippen LogP contribution in [0, 0.1) is 0 Å². The van der Waals surface area contributed by atoms with Crippen molar-refractivity contribution >= 4 is 5.82 Å². The number of anilines is 1. The van der Waals surface area contributed by atoms with E-state index < -0.39 is 0 Å². The zero-order chi connectivity index (χ0) is 18.5. The molecule has 0 saturated heterocycles. The van der Waals surface area contributed by atoms with Gasteiger partial charge in [0, 0.05) is 25.2 Å². The fourth-order valence-corrected chi connectivity index (χ4v) is 3.45. The highest BCUT2D eigenvalue weighted by Gasteiger charge is 2.24. The number of nitrogens with one attached hydrogen (secondary N) is 1. The molecule has 0 unspecified atom stereocenters. The number of likely N-dealkylation sites (N-methyl/N-ethyl adjacent to an activating group) is 1. The Labute approximate surface area is 154 Å². The molecule has 0 bridgehead atoms. The Balaban J connectivity index is 1.95. The predicted octanol–water partition coefficient (Wildman–Crippen LogP) is 2.62. The molecule has 1 aliphatic rings. The Kier molecular flexibility index (Phi) is 5.93. The lowest BCUT2D eigenvalue weighted by Crippen LogP contribution is -2.33. The summed E-state index contributed by atoms with van der Waals surface area (Å²) < 4.78 is 7.61. The van der Waals surface area contributed by atoms with Gasteiger partial charge in [0.2, 0.25) is 5.88 Å². The topological polar surface area (TPSA) is 59.4 Å². The first kappa shape index (κ1) is 18.5. The smallest absolute Gasteiger partial charge is 0.294 e. The summed E-state index contributed by atoms with van der Waals surface area (Å²) >= 11 is 0. The highest BCUT2D eigenvalue weighted by atomic mass is 16.5. The van der Waals surface area contributed by atoms with Crippen molar-refractivity contribution < 1.29 is 4.74 Å².